The summed E-state index contributed by atoms with van der Waals surface area (Å²) in [5.41, 5.74) is 7.05. The first kappa shape index (κ1) is 15.1. The molecule has 0 aliphatic carbocycles. The lowest BCUT2D eigenvalue weighted by molar-refractivity contribution is 0.0528. The second-order valence-corrected chi connectivity index (χ2v) is 5.20. The van der Waals surface area contributed by atoms with Gasteiger partial charge < -0.3 is 20.4 Å². The number of ether oxygens (including phenoxy) is 1. The first-order chi connectivity index (χ1) is 10.1. The van der Waals surface area contributed by atoms with Crippen molar-refractivity contribution in [3.05, 3.63) is 35.0 Å². The fraction of sp³-hybridized carbons (Fsp3) is 0.286. The number of thiophene rings is 1. The van der Waals surface area contributed by atoms with Crippen LogP contribution in [0.1, 0.15) is 34.7 Å². The van der Waals surface area contributed by atoms with Gasteiger partial charge in [0.05, 0.1) is 17.9 Å². The zero-order valence-electron chi connectivity index (χ0n) is 11.9. The van der Waals surface area contributed by atoms with Crippen molar-refractivity contribution >= 4 is 33.9 Å². The smallest absolute Gasteiger partial charge is 0.341 e. The normalized spacial score (nSPS) is 10.4. The zero-order chi connectivity index (χ0) is 15.4. The van der Waals surface area contributed by atoms with Gasteiger partial charge in [0.25, 0.3) is 5.91 Å². The number of anilines is 2. The molecule has 6 nitrogen and oxygen atoms in total. The van der Waals surface area contributed by atoms with Gasteiger partial charge in [0.15, 0.2) is 0 Å². The van der Waals surface area contributed by atoms with Gasteiger partial charge in [0, 0.05) is 12.7 Å². The number of esters is 1. The molecule has 0 spiro atoms. The van der Waals surface area contributed by atoms with Gasteiger partial charge in [0.1, 0.15) is 10.7 Å². The Morgan fingerprint density at radius 2 is 2.19 bits per heavy atom. The summed E-state index contributed by atoms with van der Waals surface area (Å²) in [6, 6.07) is 3.24. The van der Waals surface area contributed by atoms with E-state index in [9.17, 15) is 9.59 Å². The summed E-state index contributed by atoms with van der Waals surface area (Å²) >= 11 is 1.27. The van der Waals surface area contributed by atoms with Gasteiger partial charge in [0.2, 0.25) is 0 Å². The van der Waals surface area contributed by atoms with Gasteiger partial charge in [-0.1, -0.05) is 0 Å². The third-order valence-electron chi connectivity index (χ3n) is 2.88. The molecule has 2 aromatic heterocycles. The molecule has 0 radical (unpaired) electrons. The minimum absolute atomic E-state index is 0.289. The van der Waals surface area contributed by atoms with Crippen molar-refractivity contribution in [2.45, 2.75) is 20.4 Å². The highest BCUT2D eigenvalue weighted by atomic mass is 32.1. The lowest BCUT2D eigenvalue weighted by Gasteiger charge is -2.08. The molecule has 0 bridgehead atoms. The van der Waals surface area contributed by atoms with Crippen molar-refractivity contribution in [1.29, 1.82) is 0 Å². The molecule has 2 rings (SSSR count). The Morgan fingerprint density at radius 3 is 2.86 bits per heavy atom. The lowest BCUT2D eigenvalue weighted by atomic mass is 10.3. The molecule has 2 aromatic rings. The molecule has 0 atom stereocenters. The molecule has 7 heteroatoms. The highest BCUT2D eigenvalue weighted by molar-refractivity contribution is 7.14. The van der Waals surface area contributed by atoms with Crippen molar-refractivity contribution in [2.24, 2.45) is 0 Å². The van der Waals surface area contributed by atoms with Crippen LogP contribution in [0.5, 0.6) is 0 Å². The Kier molecular flexibility index (Phi) is 4.64. The molecule has 0 unspecified atom stereocenters. The van der Waals surface area contributed by atoms with Crippen LogP contribution < -0.4 is 11.1 Å². The summed E-state index contributed by atoms with van der Waals surface area (Å²) in [5.74, 6) is -0.749. The molecule has 0 aliphatic heterocycles. The first-order valence-electron chi connectivity index (χ1n) is 6.58. The number of carbonyl (C=O) groups excluding carboxylic acids is 2. The maximum absolute atomic E-state index is 12.3. The van der Waals surface area contributed by atoms with E-state index in [1.54, 1.807) is 35.2 Å². The van der Waals surface area contributed by atoms with Gasteiger partial charge in [-0.05, 0) is 31.4 Å². The topological polar surface area (TPSA) is 86.3 Å². The Labute approximate surface area is 126 Å². The van der Waals surface area contributed by atoms with Crippen LogP contribution in [0.15, 0.2) is 23.7 Å². The van der Waals surface area contributed by atoms with E-state index in [0.29, 0.717) is 28.5 Å². The molecule has 3 N–H and O–H groups in total. The lowest BCUT2D eigenvalue weighted by Crippen LogP contribution is -2.17. The Balaban J connectivity index is 2.20. The van der Waals surface area contributed by atoms with Crippen LogP contribution >= 0.6 is 11.3 Å². The van der Waals surface area contributed by atoms with Crippen molar-refractivity contribution in [3.8, 4) is 0 Å². The largest absolute Gasteiger partial charge is 0.462 e. The van der Waals surface area contributed by atoms with Crippen LogP contribution in [0.3, 0.4) is 0 Å². The highest BCUT2D eigenvalue weighted by Gasteiger charge is 2.18. The molecule has 112 valence electrons. The third kappa shape index (κ3) is 3.25. The van der Waals surface area contributed by atoms with Crippen LogP contribution in [0.2, 0.25) is 0 Å². The van der Waals surface area contributed by atoms with Crippen LogP contribution in [0.25, 0.3) is 0 Å². The number of nitrogens with one attached hydrogen (secondary N) is 1. The van der Waals surface area contributed by atoms with Crippen molar-refractivity contribution in [1.82, 2.24) is 4.57 Å². The molecule has 0 aliphatic rings. The zero-order valence-corrected chi connectivity index (χ0v) is 12.7. The maximum Gasteiger partial charge on any atom is 0.341 e. The number of aromatic nitrogens is 1. The molecule has 0 fully saturated rings. The van der Waals surface area contributed by atoms with E-state index in [4.69, 9.17) is 10.5 Å². The van der Waals surface area contributed by atoms with E-state index in [-0.39, 0.29) is 12.5 Å². The van der Waals surface area contributed by atoms with E-state index < -0.39 is 5.97 Å². The number of aryl methyl sites for hydroxylation is 1. The number of amides is 1. The quantitative estimate of drug-likeness (QED) is 0.831. The van der Waals surface area contributed by atoms with E-state index in [2.05, 4.69) is 5.32 Å². The SMILES string of the molecule is CCOC(=O)c1ccsc1NC(=O)c1cc(N)cn1CC. The molecular formula is C14H17N3O3S. The predicted molar refractivity (Wildman–Crippen MR) is 82.7 cm³/mol. The van der Waals surface area contributed by atoms with Gasteiger partial charge in [-0.15, -0.1) is 11.3 Å². The average Bonchev–Trinajstić information content (AvgIpc) is 3.05. The minimum Gasteiger partial charge on any atom is -0.462 e. The summed E-state index contributed by atoms with van der Waals surface area (Å²) in [7, 11) is 0. The second kappa shape index (κ2) is 6.45. The van der Waals surface area contributed by atoms with Crippen LogP contribution in [0, 0.1) is 0 Å². The number of carbonyl (C=O) groups is 2. The number of rotatable bonds is 5. The number of nitrogens with two attached hydrogens (primary N) is 1. The summed E-state index contributed by atoms with van der Waals surface area (Å²) in [4.78, 5) is 24.1. The number of hydrogen-bond acceptors (Lipinski definition) is 5. The Morgan fingerprint density at radius 1 is 1.43 bits per heavy atom. The third-order valence-corrected chi connectivity index (χ3v) is 3.71. The van der Waals surface area contributed by atoms with Gasteiger partial charge in [-0.3, -0.25) is 4.79 Å². The number of nitrogen functional groups attached to an aromatic ring is 1. The van der Waals surface area contributed by atoms with Crippen molar-refractivity contribution in [2.75, 3.05) is 17.7 Å². The van der Waals surface area contributed by atoms with E-state index in [0.717, 1.165) is 0 Å². The number of hydrogen-bond donors (Lipinski definition) is 2. The second-order valence-electron chi connectivity index (χ2n) is 4.28. The van der Waals surface area contributed by atoms with Crippen LogP contribution in [-0.4, -0.2) is 23.1 Å². The molecule has 0 aromatic carbocycles. The predicted octanol–water partition coefficient (Wildman–Crippen LogP) is 2.58. The summed E-state index contributed by atoms with van der Waals surface area (Å²) in [6.07, 6.45) is 1.70. The Bertz CT molecular complexity index is 660. The van der Waals surface area contributed by atoms with Crippen molar-refractivity contribution in [3.63, 3.8) is 0 Å². The molecular weight excluding hydrogens is 290 g/mol. The van der Waals surface area contributed by atoms with Gasteiger partial charge >= 0.3 is 5.97 Å². The summed E-state index contributed by atoms with van der Waals surface area (Å²) in [6.45, 7) is 4.58. The van der Waals surface area contributed by atoms with Gasteiger partial charge in [-0.2, -0.15) is 0 Å². The first-order valence-corrected chi connectivity index (χ1v) is 7.46. The summed E-state index contributed by atoms with van der Waals surface area (Å²) < 4.78 is 6.71. The van der Waals surface area contributed by atoms with E-state index >= 15 is 0 Å². The Hall–Kier alpha value is -2.28. The number of nitrogens with zero attached hydrogens (tertiary/aromatic N) is 1. The minimum atomic E-state index is -0.445. The molecule has 0 saturated carbocycles. The fourth-order valence-electron chi connectivity index (χ4n) is 1.93. The molecule has 1 amide bonds. The standard InChI is InChI=1S/C14H17N3O3S/c1-3-17-8-9(15)7-11(17)12(18)16-13-10(5-6-21-13)14(19)20-4-2/h5-8H,3-4,15H2,1-2H3,(H,16,18). The average molecular weight is 307 g/mol. The molecule has 0 saturated heterocycles. The highest BCUT2D eigenvalue weighted by Crippen LogP contribution is 2.25. The van der Waals surface area contributed by atoms with Gasteiger partial charge in [-0.25, -0.2) is 4.79 Å². The maximum atomic E-state index is 12.3. The molecule has 2 heterocycles. The molecule has 21 heavy (non-hydrogen) atoms. The van der Waals surface area contributed by atoms with E-state index in [1.165, 1.54) is 11.3 Å². The van der Waals surface area contributed by atoms with Crippen molar-refractivity contribution < 1.29 is 14.3 Å². The van der Waals surface area contributed by atoms with Crippen LogP contribution in [0.4, 0.5) is 10.7 Å². The van der Waals surface area contributed by atoms with E-state index in [1.807, 2.05) is 6.92 Å². The summed E-state index contributed by atoms with van der Waals surface area (Å²) in [5, 5.41) is 4.94. The monoisotopic (exact) mass is 307 g/mol. The fourth-order valence-corrected chi connectivity index (χ4v) is 2.70. The van der Waals surface area contributed by atoms with Crippen LogP contribution in [-0.2, 0) is 11.3 Å².